The van der Waals surface area contributed by atoms with Crippen molar-refractivity contribution in [3.63, 3.8) is 0 Å². The number of ether oxygens (including phenoxy) is 3. The first-order valence-corrected chi connectivity index (χ1v) is 5.67. The Morgan fingerprint density at radius 3 is 2.47 bits per heavy atom. The highest BCUT2D eigenvalue weighted by atomic mass is 16.5. The molecule has 4 nitrogen and oxygen atoms in total. The van der Waals surface area contributed by atoms with Crippen LogP contribution in [0.5, 0.6) is 11.5 Å². The Morgan fingerprint density at radius 1 is 1.24 bits per heavy atom. The summed E-state index contributed by atoms with van der Waals surface area (Å²) in [4.78, 5) is 0. The molecule has 1 unspecified atom stereocenters. The minimum atomic E-state index is -0.0781. The highest BCUT2D eigenvalue weighted by molar-refractivity contribution is 5.42. The Bertz CT molecular complexity index is 353. The molecule has 0 bridgehead atoms. The summed E-state index contributed by atoms with van der Waals surface area (Å²) in [5.74, 6) is 1.51. The van der Waals surface area contributed by atoms with E-state index in [-0.39, 0.29) is 12.1 Å². The molecule has 2 N–H and O–H groups in total. The summed E-state index contributed by atoms with van der Waals surface area (Å²) < 4.78 is 16.0. The fourth-order valence-corrected chi connectivity index (χ4v) is 1.61. The van der Waals surface area contributed by atoms with E-state index >= 15 is 0 Å². The standard InChI is InChI=1S/C13H21NO3/c1-9(8-15-3)17-13-7-11(16-4)5-6-12(13)10(2)14/h5-7,9-10H,8,14H2,1-4H3/t9?,10-/m1/s1. The van der Waals surface area contributed by atoms with E-state index in [1.165, 1.54) is 0 Å². The first-order chi connectivity index (χ1) is 8.08. The van der Waals surface area contributed by atoms with E-state index in [1.807, 2.05) is 32.0 Å². The monoisotopic (exact) mass is 239 g/mol. The van der Waals surface area contributed by atoms with Gasteiger partial charge in [0.25, 0.3) is 0 Å². The molecule has 96 valence electrons. The van der Waals surface area contributed by atoms with Gasteiger partial charge < -0.3 is 19.9 Å². The zero-order chi connectivity index (χ0) is 12.8. The van der Waals surface area contributed by atoms with E-state index in [1.54, 1.807) is 14.2 Å². The first-order valence-electron chi connectivity index (χ1n) is 5.67. The Morgan fingerprint density at radius 2 is 1.94 bits per heavy atom. The molecule has 17 heavy (non-hydrogen) atoms. The fourth-order valence-electron chi connectivity index (χ4n) is 1.61. The van der Waals surface area contributed by atoms with Crippen LogP contribution < -0.4 is 15.2 Å². The van der Waals surface area contributed by atoms with Crippen molar-refractivity contribution in [2.45, 2.75) is 26.0 Å². The van der Waals surface area contributed by atoms with Gasteiger partial charge in [-0.05, 0) is 19.9 Å². The van der Waals surface area contributed by atoms with Gasteiger partial charge in [0.05, 0.1) is 13.7 Å². The third kappa shape index (κ3) is 3.91. The van der Waals surface area contributed by atoms with Crippen molar-refractivity contribution in [3.8, 4) is 11.5 Å². The number of benzene rings is 1. The van der Waals surface area contributed by atoms with Crippen LogP contribution in [0.2, 0.25) is 0 Å². The molecule has 0 fully saturated rings. The van der Waals surface area contributed by atoms with E-state index in [2.05, 4.69) is 0 Å². The van der Waals surface area contributed by atoms with Crippen molar-refractivity contribution in [1.82, 2.24) is 0 Å². The second-order valence-corrected chi connectivity index (χ2v) is 4.08. The quantitative estimate of drug-likeness (QED) is 0.826. The average molecular weight is 239 g/mol. The molecule has 0 aliphatic heterocycles. The summed E-state index contributed by atoms with van der Waals surface area (Å²) >= 11 is 0. The number of methoxy groups -OCH3 is 2. The predicted octanol–water partition coefficient (Wildman–Crippen LogP) is 2.13. The van der Waals surface area contributed by atoms with Gasteiger partial charge in [-0.1, -0.05) is 6.07 Å². The molecule has 2 atom stereocenters. The van der Waals surface area contributed by atoms with Gasteiger partial charge in [0, 0.05) is 24.8 Å². The van der Waals surface area contributed by atoms with Gasteiger partial charge in [0.2, 0.25) is 0 Å². The minimum absolute atomic E-state index is 0.0235. The van der Waals surface area contributed by atoms with Gasteiger partial charge in [-0.15, -0.1) is 0 Å². The SMILES string of the molecule is COCC(C)Oc1cc(OC)ccc1[C@@H](C)N. The molecule has 0 spiro atoms. The van der Waals surface area contributed by atoms with Crippen LogP contribution in [0, 0.1) is 0 Å². The lowest BCUT2D eigenvalue weighted by Gasteiger charge is -2.19. The third-order valence-corrected chi connectivity index (χ3v) is 2.44. The van der Waals surface area contributed by atoms with Crippen molar-refractivity contribution in [2.75, 3.05) is 20.8 Å². The van der Waals surface area contributed by atoms with Crippen LogP contribution in [-0.4, -0.2) is 26.9 Å². The maximum atomic E-state index is 5.90. The summed E-state index contributed by atoms with van der Waals surface area (Å²) in [6.45, 7) is 4.42. The molecule has 0 amide bonds. The number of rotatable bonds is 6. The lowest BCUT2D eigenvalue weighted by atomic mass is 10.1. The molecular weight excluding hydrogens is 218 g/mol. The largest absolute Gasteiger partial charge is 0.497 e. The fraction of sp³-hybridized carbons (Fsp3) is 0.538. The summed E-state index contributed by atoms with van der Waals surface area (Å²) in [7, 11) is 3.28. The molecule has 0 aliphatic rings. The topological polar surface area (TPSA) is 53.7 Å². The van der Waals surface area contributed by atoms with Crippen molar-refractivity contribution in [3.05, 3.63) is 23.8 Å². The average Bonchev–Trinajstić information content (AvgIpc) is 2.28. The lowest BCUT2D eigenvalue weighted by molar-refractivity contribution is 0.0910. The highest BCUT2D eigenvalue weighted by Crippen LogP contribution is 2.29. The summed E-state index contributed by atoms with van der Waals surface area (Å²) in [6, 6.07) is 5.58. The van der Waals surface area contributed by atoms with Crippen LogP contribution >= 0.6 is 0 Å². The number of hydrogen-bond donors (Lipinski definition) is 1. The van der Waals surface area contributed by atoms with Gasteiger partial charge in [-0.2, -0.15) is 0 Å². The second-order valence-electron chi connectivity index (χ2n) is 4.08. The summed E-state index contributed by atoms with van der Waals surface area (Å²) in [5.41, 5.74) is 6.87. The molecule has 0 radical (unpaired) electrons. The third-order valence-electron chi connectivity index (χ3n) is 2.44. The lowest BCUT2D eigenvalue weighted by Crippen LogP contribution is -2.19. The van der Waals surface area contributed by atoms with E-state index in [4.69, 9.17) is 19.9 Å². The van der Waals surface area contributed by atoms with E-state index in [9.17, 15) is 0 Å². The molecule has 0 saturated heterocycles. The zero-order valence-corrected chi connectivity index (χ0v) is 10.9. The van der Waals surface area contributed by atoms with Gasteiger partial charge in [0.15, 0.2) is 0 Å². The van der Waals surface area contributed by atoms with Crippen molar-refractivity contribution >= 4 is 0 Å². The predicted molar refractivity (Wildman–Crippen MR) is 67.6 cm³/mol. The molecular formula is C13H21NO3. The maximum Gasteiger partial charge on any atom is 0.128 e. The minimum Gasteiger partial charge on any atom is -0.497 e. The smallest absolute Gasteiger partial charge is 0.128 e. The Kier molecular flexibility index (Phi) is 5.25. The van der Waals surface area contributed by atoms with Gasteiger partial charge in [-0.3, -0.25) is 0 Å². The van der Waals surface area contributed by atoms with Crippen LogP contribution in [0.1, 0.15) is 25.5 Å². The van der Waals surface area contributed by atoms with Gasteiger partial charge in [-0.25, -0.2) is 0 Å². The van der Waals surface area contributed by atoms with E-state index in [0.29, 0.717) is 6.61 Å². The highest BCUT2D eigenvalue weighted by Gasteiger charge is 2.12. The van der Waals surface area contributed by atoms with Crippen LogP contribution in [0.4, 0.5) is 0 Å². The first kappa shape index (κ1) is 13.8. The Labute approximate surface area is 103 Å². The second kappa shape index (κ2) is 6.47. The molecule has 0 heterocycles. The van der Waals surface area contributed by atoms with E-state index in [0.717, 1.165) is 17.1 Å². The molecule has 1 aromatic carbocycles. The summed E-state index contributed by atoms with van der Waals surface area (Å²) in [5, 5.41) is 0. The zero-order valence-electron chi connectivity index (χ0n) is 10.9. The molecule has 0 aliphatic carbocycles. The maximum absolute atomic E-state index is 5.90. The number of hydrogen-bond acceptors (Lipinski definition) is 4. The van der Waals surface area contributed by atoms with Crippen molar-refractivity contribution < 1.29 is 14.2 Å². The Balaban J connectivity index is 2.92. The van der Waals surface area contributed by atoms with Crippen LogP contribution in [-0.2, 0) is 4.74 Å². The summed E-state index contributed by atoms with van der Waals surface area (Å²) in [6.07, 6.45) is -0.0235. The normalized spacial score (nSPS) is 14.2. The van der Waals surface area contributed by atoms with Gasteiger partial charge in [0.1, 0.15) is 17.6 Å². The Hall–Kier alpha value is -1.26. The van der Waals surface area contributed by atoms with Crippen molar-refractivity contribution in [1.29, 1.82) is 0 Å². The molecule has 1 rings (SSSR count). The van der Waals surface area contributed by atoms with Gasteiger partial charge >= 0.3 is 0 Å². The molecule has 0 aromatic heterocycles. The molecule has 1 aromatic rings. The molecule has 4 heteroatoms. The van der Waals surface area contributed by atoms with Crippen LogP contribution in [0.3, 0.4) is 0 Å². The van der Waals surface area contributed by atoms with Crippen molar-refractivity contribution in [2.24, 2.45) is 5.73 Å². The molecule has 0 saturated carbocycles. The van der Waals surface area contributed by atoms with Crippen LogP contribution in [0.15, 0.2) is 18.2 Å². The van der Waals surface area contributed by atoms with E-state index < -0.39 is 0 Å². The number of nitrogens with two attached hydrogens (primary N) is 1. The van der Waals surface area contributed by atoms with Crippen LogP contribution in [0.25, 0.3) is 0 Å².